The maximum absolute atomic E-state index is 15.0. The van der Waals surface area contributed by atoms with E-state index in [1.165, 1.54) is 6.07 Å². The van der Waals surface area contributed by atoms with Gasteiger partial charge in [-0.05, 0) is 56.8 Å². The maximum Gasteiger partial charge on any atom is 0.410 e. The Morgan fingerprint density at radius 1 is 1.12 bits per heavy atom. The lowest BCUT2D eigenvalue weighted by Crippen LogP contribution is -2.50. The number of hydrogen-bond donors (Lipinski definition) is 1. The molecule has 2 aromatic heterocycles. The molecule has 1 aliphatic heterocycles. The van der Waals surface area contributed by atoms with Crippen molar-refractivity contribution in [2.75, 3.05) is 31.1 Å². The summed E-state index contributed by atoms with van der Waals surface area (Å²) in [7, 11) is 0. The first-order chi connectivity index (χ1) is 15.1. The van der Waals surface area contributed by atoms with Gasteiger partial charge in [-0.1, -0.05) is 12.1 Å². The molecular formula is C24H27FN4O3. The molecule has 0 atom stereocenters. The molecule has 8 heteroatoms. The molecule has 0 bridgehead atoms. The Morgan fingerprint density at radius 3 is 2.50 bits per heavy atom. The highest BCUT2D eigenvalue weighted by atomic mass is 19.1. The highest BCUT2D eigenvalue weighted by molar-refractivity contribution is 5.87. The van der Waals surface area contributed by atoms with Gasteiger partial charge < -0.3 is 19.5 Å². The van der Waals surface area contributed by atoms with Crippen LogP contribution in [0.2, 0.25) is 0 Å². The van der Waals surface area contributed by atoms with E-state index >= 15 is 0 Å². The van der Waals surface area contributed by atoms with Crippen molar-refractivity contribution in [1.82, 2.24) is 14.9 Å². The van der Waals surface area contributed by atoms with Gasteiger partial charge >= 0.3 is 6.09 Å². The molecule has 1 amide bonds. The van der Waals surface area contributed by atoms with Gasteiger partial charge in [0.25, 0.3) is 5.56 Å². The van der Waals surface area contributed by atoms with Crippen molar-refractivity contribution in [3.63, 3.8) is 0 Å². The van der Waals surface area contributed by atoms with Gasteiger partial charge in [0.15, 0.2) is 11.6 Å². The zero-order valence-electron chi connectivity index (χ0n) is 18.7. The number of fused-ring (bicyclic) bond motifs is 1. The highest BCUT2D eigenvalue weighted by Crippen LogP contribution is 2.26. The van der Waals surface area contributed by atoms with Crippen molar-refractivity contribution in [2.45, 2.75) is 33.3 Å². The fourth-order valence-electron chi connectivity index (χ4n) is 3.83. The largest absolute Gasteiger partial charge is 0.444 e. The number of aryl methyl sites for hydroxylation is 1. The number of piperazine rings is 1. The zero-order valence-corrected chi connectivity index (χ0v) is 18.7. The van der Waals surface area contributed by atoms with Gasteiger partial charge in [0.1, 0.15) is 5.60 Å². The number of nitrogens with zero attached hydrogens (tertiary/aromatic N) is 3. The fourth-order valence-corrected chi connectivity index (χ4v) is 3.83. The molecule has 1 aromatic carbocycles. The molecule has 32 heavy (non-hydrogen) atoms. The molecule has 0 spiro atoms. The molecule has 0 unspecified atom stereocenters. The highest BCUT2D eigenvalue weighted by Gasteiger charge is 2.27. The third-order valence-electron chi connectivity index (χ3n) is 5.47. The second-order valence-corrected chi connectivity index (χ2v) is 9.03. The second-order valence-electron chi connectivity index (χ2n) is 9.03. The molecule has 3 aromatic rings. The van der Waals surface area contributed by atoms with E-state index in [4.69, 9.17) is 4.74 Å². The average molecular weight is 439 g/mol. The van der Waals surface area contributed by atoms with Crippen molar-refractivity contribution < 1.29 is 13.9 Å². The number of anilines is 1. The molecular weight excluding hydrogens is 411 g/mol. The van der Waals surface area contributed by atoms with Crippen LogP contribution in [0.5, 0.6) is 0 Å². The van der Waals surface area contributed by atoms with E-state index in [-0.39, 0.29) is 17.5 Å². The van der Waals surface area contributed by atoms with E-state index in [1.54, 1.807) is 17.2 Å². The molecule has 1 fully saturated rings. The van der Waals surface area contributed by atoms with Crippen LogP contribution in [0.15, 0.2) is 41.3 Å². The number of aromatic amines is 1. The molecule has 4 rings (SSSR count). The average Bonchev–Trinajstić information content (AvgIpc) is 2.73. The molecule has 168 valence electrons. The number of H-pyrrole nitrogens is 1. The van der Waals surface area contributed by atoms with Crippen LogP contribution >= 0.6 is 0 Å². The Labute approximate surface area is 185 Å². The molecule has 0 saturated carbocycles. The number of aromatic nitrogens is 2. The number of nitrogens with one attached hydrogen (secondary N) is 1. The predicted molar refractivity (Wildman–Crippen MR) is 123 cm³/mol. The van der Waals surface area contributed by atoms with E-state index in [0.717, 1.165) is 10.9 Å². The number of hydrogen-bond acceptors (Lipinski definition) is 5. The van der Waals surface area contributed by atoms with Crippen molar-refractivity contribution in [2.24, 2.45) is 0 Å². The SMILES string of the molecule is Cc1cccc2c(=O)[nH]c(-c3cnc(N4CCN(C(=O)OC(C)(C)C)CC4)c(F)c3)cc12. The summed E-state index contributed by atoms with van der Waals surface area (Å²) in [5, 5.41) is 1.43. The van der Waals surface area contributed by atoms with Crippen molar-refractivity contribution >= 4 is 22.7 Å². The lowest BCUT2D eigenvalue weighted by atomic mass is 10.0. The molecule has 0 radical (unpaired) electrons. The monoisotopic (exact) mass is 438 g/mol. The normalized spacial score (nSPS) is 14.7. The Bertz CT molecular complexity index is 1220. The van der Waals surface area contributed by atoms with Crippen LogP contribution in [0.4, 0.5) is 15.0 Å². The Hall–Kier alpha value is -3.42. The van der Waals surface area contributed by atoms with Crippen LogP contribution in [-0.2, 0) is 4.74 Å². The van der Waals surface area contributed by atoms with Crippen LogP contribution in [0.3, 0.4) is 0 Å². The van der Waals surface area contributed by atoms with Crippen LogP contribution in [0.1, 0.15) is 26.3 Å². The Kier molecular flexibility index (Phi) is 5.62. The zero-order chi connectivity index (χ0) is 23.0. The van der Waals surface area contributed by atoms with Gasteiger partial charge in [-0.2, -0.15) is 0 Å². The summed E-state index contributed by atoms with van der Waals surface area (Å²) in [4.78, 5) is 35.3. The minimum Gasteiger partial charge on any atom is -0.444 e. The molecule has 1 saturated heterocycles. The van der Waals surface area contributed by atoms with Gasteiger partial charge in [-0.3, -0.25) is 4.79 Å². The second kappa shape index (κ2) is 8.26. The molecule has 7 nitrogen and oxygen atoms in total. The van der Waals surface area contributed by atoms with Crippen molar-refractivity contribution in [1.29, 1.82) is 0 Å². The van der Waals surface area contributed by atoms with Gasteiger partial charge in [0.05, 0.1) is 5.69 Å². The quantitative estimate of drug-likeness (QED) is 0.652. The minimum absolute atomic E-state index is 0.219. The lowest BCUT2D eigenvalue weighted by molar-refractivity contribution is 0.0240. The van der Waals surface area contributed by atoms with Gasteiger partial charge in [0, 0.05) is 43.3 Å². The van der Waals surface area contributed by atoms with Crippen LogP contribution in [0.25, 0.3) is 22.0 Å². The summed E-state index contributed by atoms with van der Waals surface area (Å²) in [6, 6.07) is 8.78. The van der Waals surface area contributed by atoms with E-state index in [0.29, 0.717) is 42.8 Å². The summed E-state index contributed by atoms with van der Waals surface area (Å²) < 4.78 is 20.4. The number of carbonyl (C=O) groups is 1. The lowest BCUT2D eigenvalue weighted by Gasteiger charge is -2.36. The number of pyridine rings is 2. The van der Waals surface area contributed by atoms with Crippen molar-refractivity contribution in [3.8, 4) is 11.3 Å². The van der Waals surface area contributed by atoms with E-state index in [9.17, 15) is 14.0 Å². The topological polar surface area (TPSA) is 78.5 Å². The number of halogens is 1. The first-order valence-electron chi connectivity index (χ1n) is 10.6. The Morgan fingerprint density at radius 2 is 1.84 bits per heavy atom. The first kappa shape index (κ1) is 21.8. The van der Waals surface area contributed by atoms with E-state index in [1.807, 2.05) is 50.8 Å². The summed E-state index contributed by atoms with van der Waals surface area (Å²) >= 11 is 0. The minimum atomic E-state index is -0.556. The van der Waals surface area contributed by atoms with Crippen LogP contribution in [-0.4, -0.2) is 52.7 Å². The van der Waals surface area contributed by atoms with Gasteiger partial charge in [0.2, 0.25) is 0 Å². The molecule has 3 heterocycles. The molecule has 1 N–H and O–H groups in total. The third-order valence-corrected chi connectivity index (χ3v) is 5.47. The van der Waals surface area contributed by atoms with Gasteiger partial charge in [-0.25, -0.2) is 14.2 Å². The number of ether oxygens (including phenoxy) is 1. The summed E-state index contributed by atoms with van der Waals surface area (Å²) in [5.41, 5.74) is 1.22. The van der Waals surface area contributed by atoms with E-state index in [2.05, 4.69) is 9.97 Å². The Balaban J connectivity index is 1.53. The van der Waals surface area contributed by atoms with Crippen molar-refractivity contribution in [3.05, 3.63) is 58.3 Å². The maximum atomic E-state index is 15.0. The summed E-state index contributed by atoms with van der Waals surface area (Å²) in [6.45, 7) is 9.17. The number of benzene rings is 1. The van der Waals surface area contributed by atoms with Crippen LogP contribution in [0, 0.1) is 12.7 Å². The first-order valence-corrected chi connectivity index (χ1v) is 10.6. The number of carbonyl (C=O) groups excluding carboxylic acids is 1. The van der Waals surface area contributed by atoms with Crippen LogP contribution < -0.4 is 10.5 Å². The summed E-state index contributed by atoms with van der Waals surface area (Å²) in [5.74, 6) is -0.240. The number of amides is 1. The molecule has 0 aliphatic carbocycles. The van der Waals surface area contributed by atoms with E-state index < -0.39 is 11.4 Å². The standard InChI is InChI=1S/C24H27FN4O3/c1-15-6-5-7-17-18(15)13-20(27-22(17)30)16-12-19(25)21(26-14-16)28-8-10-29(11-9-28)23(31)32-24(2,3)4/h5-7,12-14H,8-11H2,1-4H3,(H,27,30). The third kappa shape index (κ3) is 4.44. The molecule has 1 aliphatic rings. The smallest absolute Gasteiger partial charge is 0.410 e. The number of rotatable bonds is 2. The summed E-state index contributed by atoms with van der Waals surface area (Å²) in [6.07, 6.45) is 1.20. The fraction of sp³-hybridized carbons (Fsp3) is 0.375. The van der Waals surface area contributed by atoms with Gasteiger partial charge in [-0.15, -0.1) is 0 Å². The predicted octanol–water partition coefficient (Wildman–Crippen LogP) is 4.09.